The number of amides is 1. The van der Waals surface area contributed by atoms with Crippen LogP contribution in [0, 0.1) is 5.41 Å². The van der Waals surface area contributed by atoms with Gasteiger partial charge in [0.25, 0.3) is 0 Å². The first-order valence-electron chi connectivity index (χ1n) is 7.71. The van der Waals surface area contributed by atoms with Gasteiger partial charge in [-0.1, -0.05) is 32.9 Å². The highest BCUT2D eigenvalue weighted by molar-refractivity contribution is 5.95. The van der Waals surface area contributed by atoms with E-state index in [0.717, 1.165) is 32.3 Å². The van der Waals surface area contributed by atoms with Crippen LogP contribution < -0.4 is 10.1 Å². The third kappa shape index (κ3) is 4.21. The molecule has 2 rings (SSSR count). The average molecular weight is 291 g/mol. The molecule has 1 aliphatic heterocycles. The Hall–Kier alpha value is -1.55. The number of ether oxygens (including phenoxy) is 2. The lowest BCUT2D eigenvalue weighted by atomic mass is 9.89. The fourth-order valence-electron chi connectivity index (χ4n) is 2.07. The molecule has 1 aromatic carbocycles. The molecule has 1 atom stereocenters. The van der Waals surface area contributed by atoms with E-state index in [1.807, 2.05) is 45.0 Å². The number of para-hydroxylation sites is 2. The zero-order valence-electron chi connectivity index (χ0n) is 13.1. The highest BCUT2D eigenvalue weighted by Crippen LogP contribution is 2.30. The number of rotatable bonds is 5. The monoisotopic (exact) mass is 291 g/mol. The number of carbonyl (C=O) groups is 1. The zero-order valence-corrected chi connectivity index (χ0v) is 13.1. The first kappa shape index (κ1) is 15.8. The van der Waals surface area contributed by atoms with Crippen molar-refractivity contribution in [3.63, 3.8) is 0 Å². The Balaban J connectivity index is 2.07. The summed E-state index contributed by atoms with van der Waals surface area (Å²) in [5, 5.41) is 2.97. The Morgan fingerprint density at radius 3 is 2.81 bits per heavy atom. The summed E-state index contributed by atoms with van der Waals surface area (Å²) < 4.78 is 11.5. The van der Waals surface area contributed by atoms with Crippen LogP contribution in [0.3, 0.4) is 0 Å². The van der Waals surface area contributed by atoms with Crippen molar-refractivity contribution in [3.8, 4) is 5.75 Å². The van der Waals surface area contributed by atoms with Crippen LogP contribution in [0.15, 0.2) is 24.3 Å². The number of carbonyl (C=O) groups excluding carboxylic acids is 1. The molecule has 21 heavy (non-hydrogen) atoms. The van der Waals surface area contributed by atoms with Crippen LogP contribution in [0.2, 0.25) is 0 Å². The van der Waals surface area contributed by atoms with Crippen LogP contribution >= 0.6 is 0 Å². The fourth-order valence-corrected chi connectivity index (χ4v) is 2.07. The van der Waals surface area contributed by atoms with Crippen molar-refractivity contribution >= 4 is 11.6 Å². The first-order chi connectivity index (χ1) is 10.0. The molecule has 1 saturated heterocycles. The SMILES string of the molecule is CCC(C)(C)C(=O)Nc1ccccc1OC1CCCCO1. The van der Waals surface area contributed by atoms with Crippen molar-refractivity contribution in [1.29, 1.82) is 0 Å². The van der Waals surface area contributed by atoms with Gasteiger partial charge in [0.15, 0.2) is 6.29 Å². The summed E-state index contributed by atoms with van der Waals surface area (Å²) in [4.78, 5) is 12.3. The lowest BCUT2D eigenvalue weighted by Gasteiger charge is -2.26. The number of benzene rings is 1. The zero-order chi connectivity index (χ0) is 15.3. The van der Waals surface area contributed by atoms with Gasteiger partial charge in [-0.05, 0) is 31.4 Å². The maximum absolute atomic E-state index is 12.3. The van der Waals surface area contributed by atoms with E-state index in [9.17, 15) is 4.79 Å². The molecule has 0 radical (unpaired) electrons. The minimum atomic E-state index is -0.394. The Morgan fingerprint density at radius 2 is 2.14 bits per heavy atom. The lowest BCUT2D eigenvalue weighted by Crippen LogP contribution is -2.30. The second kappa shape index (κ2) is 6.94. The highest BCUT2D eigenvalue weighted by atomic mass is 16.7. The minimum absolute atomic E-state index is 0.00520. The molecule has 0 aliphatic carbocycles. The molecule has 4 heteroatoms. The van der Waals surface area contributed by atoms with Gasteiger partial charge >= 0.3 is 0 Å². The number of anilines is 1. The maximum atomic E-state index is 12.3. The summed E-state index contributed by atoms with van der Waals surface area (Å²) in [7, 11) is 0. The maximum Gasteiger partial charge on any atom is 0.230 e. The van der Waals surface area contributed by atoms with Crippen LogP contribution in [0.1, 0.15) is 46.5 Å². The fraction of sp³-hybridized carbons (Fsp3) is 0.588. The van der Waals surface area contributed by atoms with Crippen molar-refractivity contribution < 1.29 is 14.3 Å². The van der Waals surface area contributed by atoms with Gasteiger partial charge in [0, 0.05) is 11.8 Å². The molecule has 116 valence electrons. The van der Waals surface area contributed by atoms with Gasteiger partial charge in [0.2, 0.25) is 5.91 Å². The summed E-state index contributed by atoms with van der Waals surface area (Å²) in [6.07, 6.45) is 3.66. The molecule has 0 aromatic heterocycles. The van der Waals surface area contributed by atoms with Crippen molar-refractivity contribution in [2.24, 2.45) is 5.41 Å². The van der Waals surface area contributed by atoms with Crippen molar-refractivity contribution in [3.05, 3.63) is 24.3 Å². The van der Waals surface area contributed by atoms with Gasteiger partial charge < -0.3 is 14.8 Å². The van der Waals surface area contributed by atoms with E-state index in [4.69, 9.17) is 9.47 Å². The molecule has 1 amide bonds. The molecule has 1 unspecified atom stereocenters. The molecule has 0 saturated carbocycles. The predicted octanol–water partition coefficient (Wildman–Crippen LogP) is 3.97. The molecule has 1 heterocycles. The van der Waals surface area contributed by atoms with Crippen molar-refractivity contribution in [1.82, 2.24) is 0 Å². The molecule has 0 spiro atoms. The Morgan fingerprint density at radius 1 is 1.38 bits per heavy atom. The van der Waals surface area contributed by atoms with Crippen molar-refractivity contribution in [2.75, 3.05) is 11.9 Å². The number of nitrogens with one attached hydrogen (secondary N) is 1. The molecule has 1 N–H and O–H groups in total. The summed E-state index contributed by atoms with van der Waals surface area (Å²) >= 11 is 0. The van der Waals surface area contributed by atoms with E-state index in [2.05, 4.69) is 5.32 Å². The third-order valence-electron chi connectivity index (χ3n) is 4.03. The molecular weight excluding hydrogens is 266 g/mol. The molecular formula is C17H25NO3. The summed E-state index contributed by atoms with van der Waals surface area (Å²) in [6.45, 7) is 6.63. The predicted molar refractivity (Wildman–Crippen MR) is 83.4 cm³/mol. The Kier molecular flexibility index (Phi) is 5.23. The van der Waals surface area contributed by atoms with E-state index in [-0.39, 0.29) is 12.2 Å². The van der Waals surface area contributed by atoms with E-state index >= 15 is 0 Å². The number of hydrogen-bond donors (Lipinski definition) is 1. The average Bonchev–Trinajstić information content (AvgIpc) is 2.50. The summed E-state index contributed by atoms with van der Waals surface area (Å²) in [5.74, 6) is 0.676. The van der Waals surface area contributed by atoms with Crippen LogP contribution in [0.4, 0.5) is 5.69 Å². The summed E-state index contributed by atoms with van der Waals surface area (Å²) in [6, 6.07) is 7.52. The van der Waals surface area contributed by atoms with Crippen LogP contribution in [0.25, 0.3) is 0 Å². The molecule has 4 nitrogen and oxygen atoms in total. The standard InChI is InChI=1S/C17H25NO3/c1-4-17(2,3)16(19)18-13-9-5-6-10-14(13)21-15-11-7-8-12-20-15/h5-6,9-10,15H,4,7-8,11-12H2,1-3H3,(H,18,19). The van der Waals surface area contributed by atoms with Gasteiger partial charge in [0.05, 0.1) is 12.3 Å². The molecule has 1 aromatic rings. The topological polar surface area (TPSA) is 47.6 Å². The van der Waals surface area contributed by atoms with E-state index < -0.39 is 5.41 Å². The quantitative estimate of drug-likeness (QED) is 0.893. The first-order valence-corrected chi connectivity index (χ1v) is 7.71. The van der Waals surface area contributed by atoms with E-state index in [1.165, 1.54) is 0 Å². The van der Waals surface area contributed by atoms with Crippen LogP contribution in [-0.4, -0.2) is 18.8 Å². The summed E-state index contributed by atoms with van der Waals surface area (Å²) in [5.41, 5.74) is 0.312. The second-order valence-corrected chi connectivity index (χ2v) is 6.10. The Labute approximate surface area is 126 Å². The molecule has 1 aliphatic rings. The Bertz CT molecular complexity index is 479. The van der Waals surface area contributed by atoms with Gasteiger partial charge in [-0.2, -0.15) is 0 Å². The van der Waals surface area contributed by atoms with Gasteiger partial charge in [-0.3, -0.25) is 4.79 Å². The molecule has 1 fully saturated rings. The van der Waals surface area contributed by atoms with Gasteiger partial charge in [0.1, 0.15) is 5.75 Å². The highest BCUT2D eigenvalue weighted by Gasteiger charge is 2.26. The van der Waals surface area contributed by atoms with Crippen LogP contribution in [-0.2, 0) is 9.53 Å². The van der Waals surface area contributed by atoms with E-state index in [1.54, 1.807) is 0 Å². The minimum Gasteiger partial charge on any atom is -0.463 e. The lowest BCUT2D eigenvalue weighted by molar-refractivity contribution is -0.124. The normalized spacial score (nSPS) is 19.1. The second-order valence-electron chi connectivity index (χ2n) is 6.10. The largest absolute Gasteiger partial charge is 0.463 e. The molecule has 0 bridgehead atoms. The van der Waals surface area contributed by atoms with Crippen LogP contribution in [0.5, 0.6) is 5.75 Å². The van der Waals surface area contributed by atoms with Crippen molar-refractivity contribution in [2.45, 2.75) is 52.7 Å². The van der Waals surface area contributed by atoms with Gasteiger partial charge in [-0.25, -0.2) is 0 Å². The van der Waals surface area contributed by atoms with E-state index in [0.29, 0.717) is 11.4 Å². The van der Waals surface area contributed by atoms with Gasteiger partial charge in [-0.15, -0.1) is 0 Å². The third-order valence-corrected chi connectivity index (χ3v) is 4.03. The number of hydrogen-bond acceptors (Lipinski definition) is 3. The smallest absolute Gasteiger partial charge is 0.230 e.